The Morgan fingerprint density at radius 1 is 1.48 bits per heavy atom. The van der Waals surface area contributed by atoms with Gasteiger partial charge in [0.2, 0.25) is 5.03 Å². The molecule has 0 saturated carbocycles. The number of benzene rings is 1. The highest BCUT2D eigenvalue weighted by molar-refractivity contribution is 9.10. The maximum Gasteiger partial charge on any atom is 0.261 e. The standard InChI is InChI=1S/C12H14BrN5O2S/c1-18-12(11(13)15-17-18)21(19,20)16-10-5-2-7-6-8(14)3-4-9(7)10/h3-4,6,10,16H,2,5,14H2,1H3. The third-order valence-electron chi connectivity index (χ3n) is 3.53. The summed E-state index contributed by atoms with van der Waals surface area (Å²) in [5, 5.41) is 7.42. The van der Waals surface area contributed by atoms with Crippen molar-refractivity contribution >= 4 is 31.6 Å². The summed E-state index contributed by atoms with van der Waals surface area (Å²) in [4.78, 5) is 0. The molecule has 0 aliphatic heterocycles. The molecule has 1 aliphatic carbocycles. The van der Waals surface area contributed by atoms with Gasteiger partial charge in [0.25, 0.3) is 10.0 Å². The van der Waals surface area contributed by atoms with Crippen molar-refractivity contribution in [3.63, 3.8) is 0 Å². The summed E-state index contributed by atoms with van der Waals surface area (Å²) in [6.45, 7) is 0. The van der Waals surface area contributed by atoms with Gasteiger partial charge in [-0.2, -0.15) is 0 Å². The molecule has 2 aromatic rings. The number of aryl methyl sites for hydroxylation is 2. The van der Waals surface area contributed by atoms with Crippen LogP contribution in [0.15, 0.2) is 27.8 Å². The van der Waals surface area contributed by atoms with E-state index in [-0.39, 0.29) is 15.7 Å². The fourth-order valence-electron chi connectivity index (χ4n) is 2.61. The molecule has 112 valence electrons. The van der Waals surface area contributed by atoms with Crippen LogP contribution in [-0.2, 0) is 23.5 Å². The second-order valence-electron chi connectivity index (χ2n) is 4.98. The van der Waals surface area contributed by atoms with Gasteiger partial charge >= 0.3 is 0 Å². The molecule has 1 aliphatic rings. The van der Waals surface area contributed by atoms with Crippen LogP contribution in [-0.4, -0.2) is 23.4 Å². The van der Waals surface area contributed by atoms with Crippen molar-refractivity contribution in [3.05, 3.63) is 33.9 Å². The van der Waals surface area contributed by atoms with Crippen molar-refractivity contribution in [3.8, 4) is 0 Å². The molecule has 3 rings (SSSR count). The summed E-state index contributed by atoms with van der Waals surface area (Å²) >= 11 is 3.11. The number of hydrogen-bond acceptors (Lipinski definition) is 5. The molecule has 0 fully saturated rings. The first-order valence-corrected chi connectivity index (χ1v) is 8.62. The van der Waals surface area contributed by atoms with Crippen molar-refractivity contribution in [2.24, 2.45) is 7.05 Å². The highest BCUT2D eigenvalue weighted by atomic mass is 79.9. The SMILES string of the molecule is Cn1nnc(Br)c1S(=O)(=O)NC1CCc2cc(N)ccc21. The van der Waals surface area contributed by atoms with E-state index in [1.165, 1.54) is 11.7 Å². The van der Waals surface area contributed by atoms with E-state index in [9.17, 15) is 8.42 Å². The van der Waals surface area contributed by atoms with Crippen molar-refractivity contribution in [2.45, 2.75) is 23.9 Å². The number of halogens is 1. The van der Waals surface area contributed by atoms with Gasteiger partial charge in [-0.3, -0.25) is 0 Å². The number of nitrogens with two attached hydrogens (primary N) is 1. The number of rotatable bonds is 3. The van der Waals surface area contributed by atoms with Crippen molar-refractivity contribution in [2.75, 3.05) is 5.73 Å². The normalized spacial score (nSPS) is 17.9. The predicted octanol–water partition coefficient (Wildman–Crippen LogP) is 1.13. The molecule has 21 heavy (non-hydrogen) atoms. The number of anilines is 1. The Morgan fingerprint density at radius 2 is 2.24 bits per heavy atom. The Kier molecular flexibility index (Phi) is 3.50. The first-order valence-electron chi connectivity index (χ1n) is 6.34. The van der Waals surface area contributed by atoms with E-state index in [1.54, 1.807) is 6.07 Å². The first kappa shape index (κ1) is 14.5. The number of fused-ring (bicyclic) bond motifs is 1. The van der Waals surface area contributed by atoms with Crippen LogP contribution < -0.4 is 10.5 Å². The number of nitrogens with zero attached hydrogens (tertiary/aromatic N) is 3. The van der Waals surface area contributed by atoms with Crippen LogP contribution in [0.3, 0.4) is 0 Å². The summed E-state index contributed by atoms with van der Waals surface area (Å²) in [6.07, 6.45) is 1.51. The molecule has 1 unspecified atom stereocenters. The second kappa shape index (κ2) is 5.08. The molecule has 3 N–H and O–H groups in total. The Balaban J connectivity index is 1.92. The van der Waals surface area contributed by atoms with Crippen LogP contribution in [0.5, 0.6) is 0 Å². The quantitative estimate of drug-likeness (QED) is 0.787. The number of hydrogen-bond donors (Lipinski definition) is 2. The third kappa shape index (κ3) is 2.56. The van der Waals surface area contributed by atoms with Crippen molar-refractivity contribution in [1.29, 1.82) is 0 Å². The monoisotopic (exact) mass is 371 g/mol. The lowest BCUT2D eigenvalue weighted by molar-refractivity contribution is 0.538. The van der Waals surface area contributed by atoms with Gasteiger partial charge in [0, 0.05) is 18.8 Å². The van der Waals surface area contributed by atoms with Crippen LogP contribution in [0.2, 0.25) is 0 Å². The summed E-state index contributed by atoms with van der Waals surface area (Å²) in [5.74, 6) is 0. The van der Waals surface area contributed by atoms with E-state index in [0.29, 0.717) is 12.1 Å². The average molecular weight is 372 g/mol. The topological polar surface area (TPSA) is 103 Å². The highest BCUT2D eigenvalue weighted by Crippen LogP contribution is 2.33. The average Bonchev–Trinajstić information content (AvgIpc) is 2.93. The molecule has 1 atom stereocenters. The fourth-order valence-corrected chi connectivity index (χ4v) is 4.96. The van der Waals surface area contributed by atoms with Gasteiger partial charge in [-0.1, -0.05) is 11.3 Å². The zero-order chi connectivity index (χ0) is 15.2. The fraction of sp³-hybridized carbons (Fsp3) is 0.333. The van der Waals surface area contributed by atoms with Gasteiger partial charge < -0.3 is 5.73 Å². The van der Waals surface area contributed by atoms with Crippen LogP contribution in [0.1, 0.15) is 23.6 Å². The zero-order valence-corrected chi connectivity index (χ0v) is 13.6. The number of nitrogens with one attached hydrogen (secondary N) is 1. The van der Waals surface area contributed by atoms with E-state index in [0.717, 1.165) is 17.5 Å². The van der Waals surface area contributed by atoms with Gasteiger partial charge in [0.1, 0.15) is 0 Å². The van der Waals surface area contributed by atoms with Crippen LogP contribution in [0.4, 0.5) is 5.69 Å². The lowest BCUT2D eigenvalue weighted by atomic mass is 10.1. The van der Waals surface area contributed by atoms with Crippen molar-refractivity contribution in [1.82, 2.24) is 19.7 Å². The Labute approximate surface area is 130 Å². The van der Waals surface area contributed by atoms with Crippen LogP contribution >= 0.6 is 15.9 Å². The summed E-state index contributed by atoms with van der Waals surface area (Å²) in [5.41, 5.74) is 8.51. The maximum absolute atomic E-state index is 12.5. The van der Waals surface area contributed by atoms with Gasteiger partial charge in [0.05, 0.1) is 0 Å². The Bertz CT molecular complexity index is 782. The number of sulfonamides is 1. The van der Waals surface area contributed by atoms with Gasteiger partial charge in [0.15, 0.2) is 4.60 Å². The molecule has 9 heteroatoms. The van der Waals surface area contributed by atoms with Crippen LogP contribution in [0, 0.1) is 0 Å². The van der Waals surface area contributed by atoms with E-state index in [1.807, 2.05) is 12.1 Å². The lowest BCUT2D eigenvalue weighted by Crippen LogP contribution is -2.29. The molecule has 1 aromatic heterocycles. The largest absolute Gasteiger partial charge is 0.399 e. The minimum Gasteiger partial charge on any atom is -0.399 e. The van der Waals surface area contributed by atoms with Crippen molar-refractivity contribution < 1.29 is 8.42 Å². The third-order valence-corrected chi connectivity index (χ3v) is 5.89. The smallest absolute Gasteiger partial charge is 0.261 e. The highest BCUT2D eigenvalue weighted by Gasteiger charge is 2.31. The van der Waals surface area contributed by atoms with E-state index in [2.05, 4.69) is 31.0 Å². The minimum atomic E-state index is -3.70. The molecule has 0 saturated heterocycles. The van der Waals surface area contributed by atoms with E-state index < -0.39 is 10.0 Å². The molecule has 0 amide bonds. The number of aromatic nitrogens is 3. The zero-order valence-electron chi connectivity index (χ0n) is 11.2. The van der Waals surface area contributed by atoms with Gasteiger partial charge in [-0.15, -0.1) is 5.10 Å². The van der Waals surface area contributed by atoms with E-state index in [4.69, 9.17) is 5.73 Å². The molecule has 0 spiro atoms. The molecular weight excluding hydrogens is 358 g/mol. The summed E-state index contributed by atoms with van der Waals surface area (Å²) in [6, 6.07) is 5.30. The van der Waals surface area contributed by atoms with E-state index >= 15 is 0 Å². The van der Waals surface area contributed by atoms with Gasteiger partial charge in [-0.05, 0) is 52.0 Å². The Hall–Kier alpha value is -1.45. The second-order valence-corrected chi connectivity index (χ2v) is 7.36. The molecular formula is C12H14BrN5O2S. The molecule has 1 aromatic carbocycles. The maximum atomic E-state index is 12.5. The Morgan fingerprint density at radius 3 is 2.90 bits per heavy atom. The number of nitrogen functional groups attached to an aromatic ring is 1. The molecule has 7 nitrogen and oxygen atoms in total. The first-order chi connectivity index (χ1) is 9.88. The minimum absolute atomic E-state index is 0.0198. The van der Waals surface area contributed by atoms with Crippen LogP contribution in [0.25, 0.3) is 0 Å². The predicted molar refractivity (Wildman–Crippen MR) is 80.9 cm³/mol. The molecule has 0 bridgehead atoms. The lowest BCUT2D eigenvalue weighted by Gasteiger charge is -2.14. The molecule has 1 heterocycles. The summed E-state index contributed by atoms with van der Waals surface area (Å²) < 4.78 is 29.1. The molecule has 0 radical (unpaired) electrons. The van der Waals surface area contributed by atoms with Gasteiger partial charge in [-0.25, -0.2) is 17.8 Å². The summed E-state index contributed by atoms with van der Waals surface area (Å²) in [7, 11) is -2.17.